The van der Waals surface area contributed by atoms with Gasteiger partial charge in [-0.05, 0) is 45.4 Å². The van der Waals surface area contributed by atoms with Crippen molar-refractivity contribution in [1.82, 2.24) is 14.7 Å². The molecule has 3 fully saturated rings. The molecule has 3 rings (SSSR count). The lowest BCUT2D eigenvalue weighted by molar-refractivity contribution is -0.153. The van der Waals surface area contributed by atoms with Crippen LogP contribution in [0.3, 0.4) is 0 Å². The molecule has 0 aromatic carbocycles. The molecule has 0 aliphatic carbocycles. The molecular formula is C28H45N3O5. The molecule has 202 valence electrons. The van der Waals surface area contributed by atoms with Crippen LogP contribution in [0, 0.1) is 17.8 Å². The van der Waals surface area contributed by atoms with Crippen molar-refractivity contribution in [3.63, 3.8) is 0 Å². The van der Waals surface area contributed by atoms with Crippen LogP contribution in [-0.4, -0.2) is 93.6 Å². The molecule has 0 radical (unpaired) electrons. The van der Waals surface area contributed by atoms with Crippen LogP contribution in [0.1, 0.15) is 60.3 Å². The SMILES string of the molecule is C=CCN(CCC)C(=O)[C@@H]1[C@H]2C(=O)N([C@@H](CO)CC(C)C)C(C(=O)N(CC=C)C(C)C)C23CC[C@H]1O3. The van der Waals surface area contributed by atoms with Gasteiger partial charge in [0.2, 0.25) is 17.7 Å². The number of aliphatic hydroxyl groups is 1. The van der Waals surface area contributed by atoms with E-state index in [4.69, 9.17) is 4.74 Å². The lowest BCUT2D eigenvalue weighted by Gasteiger charge is -2.40. The van der Waals surface area contributed by atoms with Gasteiger partial charge in [-0.15, -0.1) is 13.2 Å². The maximum atomic E-state index is 14.2. The van der Waals surface area contributed by atoms with Crippen LogP contribution in [0.4, 0.5) is 0 Å². The zero-order valence-electron chi connectivity index (χ0n) is 22.7. The van der Waals surface area contributed by atoms with E-state index < -0.39 is 35.6 Å². The first kappa shape index (κ1) is 28.4. The van der Waals surface area contributed by atoms with Crippen molar-refractivity contribution in [2.24, 2.45) is 17.8 Å². The average Bonchev–Trinajstić information content (AvgIpc) is 3.47. The van der Waals surface area contributed by atoms with Gasteiger partial charge >= 0.3 is 0 Å². The van der Waals surface area contributed by atoms with Gasteiger partial charge in [-0.1, -0.05) is 32.9 Å². The summed E-state index contributed by atoms with van der Waals surface area (Å²) in [5, 5.41) is 10.4. The molecular weight excluding hydrogens is 458 g/mol. The Labute approximate surface area is 216 Å². The molecule has 2 bridgehead atoms. The topological polar surface area (TPSA) is 90.4 Å². The van der Waals surface area contributed by atoms with Gasteiger partial charge in [0.1, 0.15) is 11.6 Å². The van der Waals surface area contributed by atoms with E-state index in [2.05, 4.69) is 13.2 Å². The van der Waals surface area contributed by atoms with E-state index in [0.717, 1.165) is 6.42 Å². The van der Waals surface area contributed by atoms with Gasteiger partial charge in [0.05, 0.1) is 30.6 Å². The summed E-state index contributed by atoms with van der Waals surface area (Å²) in [5.74, 6) is -1.71. The van der Waals surface area contributed by atoms with Crippen molar-refractivity contribution in [2.75, 3.05) is 26.2 Å². The Morgan fingerprint density at radius 3 is 2.39 bits per heavy atom. The minimum atomic E-state index is -1.07. The number of hydrogen-bond acceptors (Lipinski definition) is 5. The highest BCUT2D eigenvalue weighted by atomic mass is 16.5. The first-order chi connectivity index (χ1) is 17.1. The molecule has 8 nitrogen and oxygen atoms in total. The van der Waals surface area contributed by atoms with E-state index in [1.165, 1.54) is 0 Å². The largest absolute Gasteiger partial charge is 0.394 e. The molecule has 6 atom stereocenters. The Bertz CT molecular complexity index is 858. The summed E-state index contributed by atoms with van der Waals surface area (Å²) in [5.41, 5.74) is -1.07. The van der Waals surface area contributed by atoms with Gasteiger partial charge in [-0.2, -0.15) is 0 Å². The van der Waals surface area contributed by atoms with Crippen LogP contribution >= 0.6 is 0 Å². The minimum absolute atomic E-state index is 0.106. The zero-order chi connectivity index (χ0) is 26.8. The third-order valence-corrected chi connectivity index (χ3v) is 7.99. The number of nitrogens with zero attached hydrogens (tertiary/aromatic N) is 3. The average molecular weight is 504 g/mol. The van der Waals surface area contributed by atoms with Crippen molar-refractivity contribution >= 4 is 17.7 Å². The van der Waals surface area contributed by atoms with Crippen LogP contribution in [0.2, 0.25) is 0 Å². The molecule has 3 aliphatic rings. The normalized spacial score (nSPS) is 29.6. The highest BCUT2D eigenvalue weighted by Gasteiger charge is 2.75. The highest BCUT2D eigenvalue weighted by Crippen LogP contribution is 2.59. The van der Waals surface area contributed by atoms with Gasteiger partial charge in [-0.25, -0.2) is 0 Å². The summed E-state index contributed by atoms with van der Waals surface area (Å²) >= 11 is 0. The smallest absolute Gasteiger partial charge is 0.248 e. The predicted octanol–water partition coefficient (Wildman–Crippen LogP) is 2.62. The first-order valence-corrected chi connectivity index (χ1v) is 13.5. The standard InChI is InChI=1S/C28H45N3O5/c1-8-13-29(14-9-2)25(33)22-21-11-12-28(36-21)23(22)26(34)31(20(17-32)16-18(4)5)24(28)27(35)30(15-10-3)19(6)7/h8,10,18-24,32H,1,3,9,11-17H2,2,4-7H3/t20-,21-,22+,23+,24?,28?/m1/s1. The number of ether oxygens (including phenoxy) is 1. The summed E-state index contributed by atoms with van der Waals surface area (Å²) in [6, 6.07) is -1.51. The van der Waals surface area contributed by atoms with Crippen LogP contribution in [0.25, 0.3) is 0 Å². The molecule has 2 unspecified atom stereocenters. The first-order valence-electron chi connectivity index (χ1n) is 13.5. The number of likely N-dealkylation sites (tertiary alicyclic amines) is 1. The molecule has 1 spiro atoms. The van der Waals surface area contributed by atoms with E-state index in [-0.39, 0.29) is 36.3 Å². The molecule has 3 heterocycles. The van der Waals surface area contributed by atoms with E-state index in [9.17, 15) is 19.5 Å². The zero-order valence-corrected chi connectivity index (χ0v) is 22.7. The van der Waals surface area contributed by atoms with E-state index in [0.29, 0.717) is 38.9 Å². The van der Waals surface area contributed by atoms with Crippen molar-refractivity contribution in [3.8, 4) is 0 Å². The van der Waals surface area contributed by atoms with Gasteiger partial charge in [-0.3, -0.25) is 14.4 Å². The third-order valence-electron chi connectivity index (χ3n) is 7.99. The molecule has 1 N–H and O–H groups in total. The maximum absolute atomic E-state index is 14.2. The summed E-state index contributed by atoms with van der Waals surface area (Å²) < 4.78 is 6.58. The molecule has 36 heavy (non-hydrogen) atoms. The molecule has 0 saturated carbocycles. The van der Waals surface area contributed by atoms with Crippen molar-refractivity contribution < 1.29 is 24.2 Å². The molecule has 3 amide bonds. The van der Waals surface area contributed by atoms with Gasteiger partial charge < -0.3 is 24.5 Å². The summed E-state index contributed by atoms with van der Waals surface area (Å²) in [4.78, 5) is 47.3. The van der Waals surface area contributed by atoms with Gasteiger partial charge in [0.15, 0.2) is 0 Å². The molecule has 3 aliphatic heterocycles. The summed E-state index contributed by atoms with van der Waals surface area (Å²) in [7, 11) is 0. The van der Waals surface area contributed by atoms with Gasteiger partial charge in [0.25, 0.3) is 0 Å². The van der Waals surface area contributed by atoms with Crippen LogP contribution in [0.15, 0.2) is 25.3 Å². The number of aliphatic hydroxyl groups excluding tert-OH is 1. The Morgan fingerprint density at radius 1 is 1.19 bits per heavy atom. The van der Waals surface area contributed by atoms with E-state index >= 15 is 0 Å². The van der Waals surface area contributed by atoms with E-state index in [1.54, 1.807) is 26.9 Å². The van der Waals surface area contributed by atoms with Crippen LogP contribution < -0.4 is 0 Å². The Morgan fingerprint density at radius 2 is 1.86 bits per heavy atom. The third kappa shape index (κ3) is 4.74. The Balaban J connectivity index is 2.10. The lowest BCUT2D eigenvalue weighted by atomic mass is 9.70. The fourth-order valence-corrected chi connectivity index (χ4v) is 6.64. The molecule has 0 aromatic rings. The second kappa shape index (κ2) is 11.5. The second-order valence-electron chi connectivity index (χ2n) is 11.2. The van der Waals surface area contributed by atoms with Crippen molar-refractivity contribution in [3.05, 3.63) is 25.3 Å². The molecule has 3 saturated heterocycles. The fraction of sp³-hybridized carbons (Fsp3) is 0.750. The number of rotatable bonds is 13. The number of carbonyl (C=O) groups excluding carboxylic acids is 3. The predicted molar refractivity (Wildman–Crippen MR) is 139 cm³/mol. The number of amides is 3. The van der Waals surface area contributed by atoms with Crippen molar-refractivity contribution in [2.45, 2.75) is 90.1 Å². The molecule has 0 aromatic heterocycles. The number of fused-ring (bicyclic) bond motifs is 1. The van der Waals surface area contributed by atoms with Crippen LogP contribution in [0.5, 0.6) is 0 Å². The monoisotopic (exact) mass is 503 g/mol. The van der Waals surface area contributed by atoms with Crippen LogP contribution in [-0.2, 0) is 19.1 Å². The summed E-state index contributed by atoms with van der Waals surface area (Å²) in [6.07, 6.45) is 5.51. The quantitative estimate of drug-likeness (QED) is 0.390. The lowest BCUT2D eigenvalue weighted by Crippen LogP contribution is -2.60. The maximum Gasteiger partial charge on any atom is 0.248 e. The summed E-state index contributed by atoms with van der Waals surface area (Å²) in [6.45, 7) is 18.6. The number of hydrogen-bond donors (Lipinski definition) is 1. The highest BCUT2D eigenvalue weighted by molar-refractivity contribution is 5.99. The van der Waals surface area contributed by atoms with Gasteiger partial charge in [0, 0.05) is 25.7 Å². The number of carbonyl (C=O) groups is 3. The Hall–Kier alpha value is -2.19. The second-order valence-corrected chi connectivity index (χ2v) is 11.2. The molecule has 8 heteroatoms. The Kier molecular flexibility index (Phi) is 9.04. The minimum Gasteiger partial charge on any atom is -0.394 e. The van der Waals surface area contributed by atoms with E-state index in [1.807, 2.05) is 34.6 Å². The van der Waals surface area contributed by atoms with Crippen molar-refractivity contribution in [1.29, 1.82) is 0 Å². The fourth-order valence-electron chi connectivity index (χ4n) is 6.64.